The van der Waals surface area contributed by atoms with E-state index < -0.39 is 0 Å². The molecular formula is C24H23N5O3. The molecule has 0 N–H and O–H groups in total. The van der Waals surface area contributed by atoms with E-state index in [4.69, 9.17) is 9.47 Å². The van der Waals surface area contributed by atoms with Gasteiger partial charge in [-0.25, -0.2) is 9.97 Å². The number of aromatic nitrogens is 3. The summed E-state index contributed by atoms with van der Waals surface area (Å²) in [6.45, 7) is 2.42. The quantitative estimate of drug-likeness (QED) is 0.589. The molecule has 8 nitrogen and oxygen atoms in total. The third-order valence-electron chi connectivity index (χ3n) is 5.11. The van der Waals surface area contributed by atoms with E-state index in [1.165, 1.54) is 0 Å². The lowest BCUT2D eigenvalue weighted by Gasteiger charge is -2.34. The number of carbonyl (C=O) groups excluding carboxylic acids is 1. The number of piperazine rings is 1. The Morgan fingerprint density at radius 1 is 0.938 bits per heavy atom. The van der Waals surface area contributed by atoms with Gasteiger partial charge in [0.25, 0.3) is 5.91 Å². The van der Waals surface area contributed by atoms with Crippen molar-refractivity contribution in [2.45, 2.75) is 0 Å². The second-order valence-corrected chi connectivity index (χ2v) is 7.06. The van der Waals surface area contributed by atoms with E-state index in [2.05, 4.69) is 26.8 Å². The van der Waals surface area contributed by atoms with Gasteiger partial charge in [0.05, 0.1) is 19.8 Å². The van der Waals surface area contributed by atoms with Crippen LogP contribution in [0.15, 0.2) is 54.9 Å². The minimum Gasteiger partial charge on any atom is -0.495 e. The zero-order valence-corrected chi connectivity index (χ0v) is 18.0. The van der Waals surface area contributed by atoms with Crippen LogP contribution in [0.3, 0.4) is 0 Å². The summed E-state index contributed by atoms with van der Waals surface area (Å²) in [5.74, 6) is 7.79. The Kier molecular flexibility index (Phi) is 6.46. The van der Waals surface area contributed by atoms with Crippen molar-refractivity contribution in [3.8, 4) is 23.5 Å². The number of ether oxygens (including phenoxy) is 2. The molecule has 3 heterocycles. The molecule has 1 aliphatic heterocycles. The van der Waals surface area contributed by atoms with Crippen LogP contribution in [0.5, 0.6) is 11.6 Å². The summed E-state index contributed by atoms with van der Waals surface area (Å²) in [5, 5.41) is 0. The van der Waals surface area contributed by atoms with Crippen molar-refractivity contribution >= 4 is 11.9 Å². The second kappa shape index (κ2) is 9.79. The van der Waals surface area contributed by atoms with Gasteiger partial charge in [0.15, 0.2) is 0 Å². The van der Waals surface area contributed by atoms with Crippen LogP contribution >= 0.6 is 0 Å². The molecule has 1 aliphatic rings. The molecule has 0 aliphatic carbocycles. The first-order valence-electron chi connectivity index (χ1n) is 10.2. The molecule has 32 heavy (non-hydrogen) atoms. The van der Waals surface area contributed by atoms with E-state index in [1.807, 2.05) is 28.0 Å². The average molecular weight is 429 g/mol. The lowest BCUT2D eigenvalue weighted by atomic mass is 10.1. The summed E-state index contributed by atoms with van der Waals surface area (Å²) in [6.07, 6.45) is 3.36. The van der Waals surface area contributed by atoms with Gasteiger partial charge in [-0.3, -0.25) is 4.79 Å². The Morgan fingerprint density at radius 2 is 1.78 bits per heavy atom. The molecule has 0 bridgehead atoms. The first-order chi connectivity index (χ1) is 15.7. The van der Waals surface area contributed by atoms with E-state index in [-0.39, 0.29) is 5.91 Å². The smallest absolute Gasteiger partial charge is 0.254 e. The number of anilines is 1. The van der Waals surface area contributed by atoms with Crippen molar-refractivity contribution in [2.24, 2.45) is 0 Å². The van der Waals surface area contributed by atoms with Crippen LogP contribution in [0.25, 0.3) is 0 Å². The fourth-order valence-electron chi connectivity index (χ4n) is 3.40. The molecule has 0 spiro atoms. The number of nitrogens with zero attached hydrogens (tertiary/aromatic N) is 5. The number of carbonyl (C=O) groups is 1. The Labute approximate surface area is 186 Å². The molecule has 1 fully saturated rings. The third kappa shape index (κ3) is 4.78. The van der Waals surface area contributed by atoms with Crippen LogP contribution in [0.4, 0.5) is 5.95 Å². The average Bonchev–Trinajstić information content (AvgIpc) is 2.87. The Bertz CT molecular complexity index is 1150. The minimum atomic E-state index is -0.0419. The normalized spacial score (nSPS) is 13.2. The standard InChI is InChI=1S/C24H23N5O3/c1-31-21-9-7-19(17-18(21)6-8-20-5-3-4-11-25-20)23(30)28-13-15-29(16-14-28)24-26-12-10-22(27-24)32-2/h3-5,7,9-12,17H,13-16H2,1-2H3. The zero-order valence-electron chi connectivity index (χ0n) is 18.0. The lowest BCUT2D eigenvalue weighted by Crippen LogP contribution is -2.49. The van der Waals surface area contributed by atoms with Crippen LogP contribution in [0, 0.1) is 11.8 Å². The Balaban J connectivity index is 1.47. The van der Waals surface area contributed by atoms with Gasteiger partial charge in [-0.05, 0) is 36.3 Å². The predicted octanol–water partition coefficient (Wildman–Crippen LogP) is 2.25. The molecule has 2 aromatic heterocycles. The van der Waals surface area contributed by atoms with Gasteiger partial charge in [-0.15, -0.1) is 0 Å². The first kappa shape index (κ1) is 21.1. The van der Waals surface area contributed by atoms with Gasteiger partial charge in [0, 0.05) is 50.2 Å². The van der Waals surface area contributed by atoms with Crippen molar-refractivity contribution in [2.75, 3.05) is 45.3 Å². The van der Waals surface area contributed by atoms with Gasteiger partial charge < -0.3 is 19.3 Å². The fourth-order valence-corrected chi connectivity index (χ4v) is 3.40. The van der Waals surface area contributed by atoms with Gasteiger partial charge in [0.2, 0.25) is 11.8 Å². The summed E-state index contributed by atoms with van der Waals surface area (Å²) in [4.78, 5) is 29.9. The number of pyridine rings is 1. The third-order valence-corrected chi connectivity index (χ3v) is 5.11. The monoisotopic (exact) mass is 429 g/mol. The van der Waals surface area contributed by atoms with Gasteiger partial charge in [-0.1, -0.05) is 12.0 Å². The zero-order chi connectivity index (χ0) is 22.3. The number of hydrogen-bond acceptors (Lipinski definition) is 7. The number of rotatable bonds is 4. The van der Waals surface area contributed by atoms with E-state index in [0.717, 1.165) is 0 Å². The predicted molar refractivity (Wildman–Crippen MR) is 120 cm³/mol. The molecule has 1 saturated heterocycles. The number of hydrogen-bond donors (Lipinski definition) is 0. The molecule has 162 valence electrons. The molecule has 1 aromatic carbocycles. The Hall–Kier alpha value is -4.12. The molecule has 4 rings (SSSR count). The van der Waals surface area contributed by atoms with E-state index in [9.17, 15) is 4.79 Å². The van der Waals surface area contributed by atoms with E-state index in [1.54, 1.807) is 50.9 Å². The number of methoxy groups -OCH3 is 2. The first-order valence-corrected chi connectivity index (χ1v) is 10.2. The summed E-state index contributed by atoms with van der Waals surface area (Å²) in [7, 11) is 3.16. The van der Waals surface area contributed by atoms with Crippen molar-refractivity contribution in [3.63, 3.8) is 0 Å². The maximum atomic E-state index is 13.1. The van der Waals surface area contributed by atoms with E-state index >= 15 is 0 Å². The fraction of sp³-hybridized carbons (Fsp3) is 0.250. The van der Waals surface area contributed by atoms with E-state index in [0.29, 0.717) is 60.6 Å². The largest absolute Gasteiger partial charge is 0.495 e. The molecule has 0 saturated carbocycles. The minimum absolute atomic E-state index is 0.0419. The van der Waals surface area contributed by atoms with Crippen LogP contribution in [-0.4, -0.2) is 66.2 Å². The van der Waals surface area contributed by atoms with Crippen LogP contribution in [-0.2, 0) is 0 Å². The highest BCUT2D eigenvalue weighted by Crippen LogP contribution is 2.21. The number of benzene rings is 1. The molecule has 8 heteroatoms. The highest BCUT2D eigenvalue weighted by Gasteiger charge is 2.24. The molecule has 0 radical (unpaired) electrons. The molecule has 0 unspecified atom stereocenters. The Morgan fingerprint density at radius 3 is 2.50 bits per heavy atom. The highest BCUT2D eigenvalue weighted by molar-refractivity contribution is 5.95. The molecular weight excluding hydrogens is 406 g/mol. The van der Waals surface area contributed by atoms with Crippen molar-refractivity contribution in [1.29, 1.82) is 0 Å². The molecule has 1 amide bonds. The van der Waals surface area contributed by atoms with Crippen LogP contribution in [0.2, 0.25) is 0 Å². The summed E-state index contributed by atoms with van der Waals surface area (Å²) < 4.78 is 10.6. The van der Waals surface area contributed by atoms with Gasteiger partial charge in [-0.2, -0.15) is 4.98 Å². The topological polar surface area (TPSA) is 80.7 Å². The van der Waals surface area contributed by atoms with Crippen LogP contribution < -0.4 is 14.4 Å². The maximum Gasteiger partial charge on any atom is 0.254 e. The maximum absolute atomic E-state index is 13.1. The second-order valence-electron chi connectivity index (χ2n) is 7.06. The van der Waals surface area contributed by atoms with Crippen molar-refractivity contribution < 1.29 is 14.3 Å². The summed E-state index contributed by atoms with van der Waals surface area (Å²) in [5.41, 5.74) is 1.87. The van der Waals surface area contributed by atoms with Crippen molar-refractivity contribution in [1.82, 2.24) is 19.9 Å². The summed E-state index contributed by atoms with van der Waals surface area (Å²) in [6, 6.07) is 12.6. The molecule has 3 aromatic rings. The molecule has 0 atom stereocenters. The van der Waals surface area contributed by atoms with Gasteiger partial charge >= 0.3 is 0 Å². The van der Waals surface area contributed by atoms with Crippen molar-refractivity contribution in [3.05, 3.63) is 71.7 Å². The SMILES string of the molecule is COc1ccnc(N2CCN(C(=O)c3ccc(OC)c(C#Cc4ccccn4)c3)CC2)n1. The van der Waals surface area contributed by atoms with Crippen LogP contribution in [0.1, 0.15) is 21.6 Å². The summed E-state index contributed by atoms with van der Waals surface area (Å²) >= 11 is 0. The van der Waals surface area contributed by atoms with Gasteiger partial charge in [0.1, 0.15) is 11.4 Å². The number of amides is 1. The lowest BCUT2D eigenvalue weighted by molar-refractivity contribution is 0.0746. The highest BCUT2D eigenvalue weighted by atomic mass is 16.5.